The van der Waals surface area contributed by atoms with E-state index in [0.29, 0.717) is 24.2 Å². The van der Waals surface area contributed by atoms with E-state index in [2.05, 4.69) is 22.0 Å². The van der Waals surface area contributed by atoms with Crippen LogP contribution in [0.1, 0.15) is 19.2 Å². The summed E-state index contributed by atoms with van der Waals surface area (Å²) in [7, 11) is 0. The number of piperidine rings is 1. The van der Waals surface area contributed by atoms with Gasteiger partial charge in [0.25, 0.3) is 0 Å². The van der Waals surface area contributed by atoms with Gasteiger partial charge in [0.1, 0.15) is 5.82 Å². The van der Waals surface area contributed by atoms with Crippen molar-refractivity contribution in [3.8, 4) is 11.5 Å². The Balaban J connectivity index is 1.66. The molecule has 2 heterocycles. The molecule has 112 valence electrons. The smallest absolute Gasteiger partial charge is 0.247 e. The molecule has 1 aromatic carbocycles. The second-order valence-electron chi connectivity index (χ2n) is 5.67. The summed E-state index contributed by atoms with van der Waals surface area (Å²) in [6.07, 6.45) is 0.986. The number of hydrogen-bond acceptors (Lipinski definition) is 5. The van der Waals surface area contributed by atoms with Crippen molar-refractivity contribution in [2.45, 2.75) is 25.9 Å². The summed E-state index contributed by atoms with van der Waals surface area (Å²) in [5, 5.41) is 8.09. The molecule has 0 amide bonds. The van der Waals surface area contributed by atoms with E-state index >= 15 is 0 Å². The molecular formula is C15H19FN4O. The zero-order valence-corrected chi connectivity index (χ0v) is 12.0. The topological polar surface area (TPSA) is 68.2 Å². The van der Waals surface area contributed by atoms with E-state index in [0.717, 1.165) is 25.1 Å². The van der Waals surface area contributed by atoms with Crippen LogP contribution in [0.5, 0.6) is 0 Å². The van der Waals surface area contributed by atoms with Crippen molar-refractivity contribution in [1.29, 1.82) is 0 Å². The zero-order chi connectivity index (χ0) is 14.8. The Morgan fingerprint density at radius 3 is 2.81 bits per heavy atom. The largest absolute Gasteiger partial charge is 0.419 e. The van der Waals surface area contributed by atoms with Gasteiger partial charge in [-0.3, -0.25) is 4.90 Å². The highest BCUT2D eigenvalue weighted by atomic mass is 19.1. The van der Waals surface area contributed by atoms with Gasteiger partial charge in [-0.25, -0.2) is 4.39 Å². The molecule has 1 fully saturated rings. The van der Waals surface area contributed by atoms with Crippen molar-refractivity contribution in [1.82, 2.24) is 15.1 Å². The first-order valence-electron chi connectivity index (χ1n) is 7.18. The second-order valence-corrected chi connectivity index (χ2v) is 5.67. The lowest BCUT2D eigenvalue weighted by molar-refractivity contribution is 0.146. The zero-order valence-electron chi connectivity index (χ0n) is 12.0. The fourth-order valence-corrected chi connectivity index (χ4v) is 2.61. The van der Waals surface area contributed by atoms with Gasteiger partial charge in [0, 0.05) is 24.7 Å². The fraction of sp³-hybridized carbons (Fsp3) is 0.467. The monoisotopic (exact) mass is 290 g/mol. The van der Waals surface area contributed by atoms with Gasteiger partial charge in [0.05, 0.1) is 6.54 Å². The molecule has 3 rings (SSSR count). The van der Waals surface area contributed by atoms with E-state index in [1.807, 2.05) is 0 Å². The lowest BCUT2D eigenvalue weighted by Gasteiger charge is -2.34. The van der Waals surface area contributed by atoms with Crippen molar-refractivity contribution in [2.75, 3.05) is 13.1 Å². The Morgan fingerprint density at radius 1 is 1.33 bits per heavy atom. The Bertz CT molecular complexity index is 598. The number of nitrogens with zero attached hydrogens (tertiary/aromatic N) is 3. The van der Waals surface area contributed by atoms with Gasteiger partial charge < -0.3 is 10.2 Å². The molecule has 2 aromatic rings. The molecule has 0 spiro atoms. The van der Waals surface area contributed by atoms with E-state index in [4.69, 9.17) is 10.2 Å². The van der Waals surface area contributed by atoms with Crippen LogP contribution in [0.3, 0.4) is 0 Å². The van der Waals surface area contributed by atoms with E-state index in [1.54, 1.807) is 12.1 Å². The first kappa shape index (κ1) is 14.2. The highest BCUT2D eigenvalue weighted by molar-refractivity contribution is 5.51. The van der Waals surface area contributed by atoms with Crippen molar-refractivity contribution in [2.24, 2.45) is 11.7 Å². The van der Waals surface area contributed by atoms with Gasteiger partial charge in [0.15, 0.2) is 0 Å². The third-order valence-electron chi connectivity index (χ3n) is 3.97. The van der Waals surface area contributed by atoms with Crippen molar-refractivity contribution in [3.63, 3.8) is 0 Å². The Hall–Kier alpha value is -1.79. The number of halogens is 1. The number of rotatable bonds is 3. The molecule has 1 saturated heterocycles. The predicted molar refractivity (Wildman–Crippen MR) is 76.7 cm³/mol. The van der Waals surface area contributed by atoms with Gasteiger partial charge in [-0.1, -0.05) is 6.92 Å². The van der Waals surface area contributed by atoms with Gasteiger partial charge >= 0.3 is 0 Å². The van der Waals surface area contributed by atoms with E-state index < -0.39 is 0 Å². The highest BCUT2D eigenvalue weighted by Gasteiger charge is 2.24. The van der Waals surface area contributed by atoms with Crippen LogP contribution in [-0.2, 0) is 6.54 Å². The fourth-order valence-electron chi connectivity index (χ4n) is 2.61. The Morgan fingerprint density at radius 2 is 2.10 bits per heavy atom. The molecule has 0 bridgehead atoms. The summed E-state index contributed by atoms with van der Waals surface area (Å²) in [6, 6.07) is 6.31. The van der Waals surface area contributed by atoms with Crippen LogP contribution in [0.2, 0.25) is 0 Å². The number of benzene rings is 1. The molecule has 0 radical (unpaired) electrons. The van der Waals surface area contributed by atoms with Crippen LogP contribution in [-0.4, -0.2) is 34.2 Å². The average molecular weight is 290 g/mol. The van der Waals surface area contributed by atoms with E-state index in [-0.39, 0.29) is 11.9 Å². The Labute approximate surface area is 123 Å². The van der Waals surface area contributed by atoms with Crippen molar-refractivity contribution < 1.29 is 8.81 Å². The SMILES string of the molecule is CC1CN(Cc2nnc(-c3ccc(F)cc3)o2)CCC1N. The number of hydrogen-bond donors (Lipinski definition) is 1. The third-order valence-corrected chi connectivity index (χ3v) is 3.97. The van der Waals surface area contributed by atoms with Gasteiger partial charge in [-0.2, -0.15) is 0 Å². The average Bonchev–Trinajstić information content (AvgIpc) is 2.92. The second kappa shape index (κ2) is 5.91. The molecule has 0 aliphatic carbocycles. The summed E-state index contributed by atoms with van der Waals surface area (Å²) in [6.45, 7) is 4.68. The normalized spacial score (nSPS) is 23.4. The van der Waals surface area contributed by atoms with Crippen LogP contribution in [0.4, 0.5) is 4.39 Å². The van der Waals surface area contributed by atoms with Gasteiger partial charge in [-0.15, -0.1) is 10.2 Å². The van der Waals surface area contributed by atoms with Gasteiger partial charge in [0.2, 0.25) is 11.8 Å². The number of nitrogens with two attached hydrogens (primary N) is 1. The molecule has 2 N–H and O–H groups in total. The van der Waals surface area contributed by atoms with Gasteiger partial charge in [-0.05, 0) is 36.6 Å². The molecule has 2 unspecified atom stereocenters. The van der Waals surface area contributed by atoms with Crippen LogP contribution in [0.15, 0.2) is 28.7 Å². The predicted octanol–water partition coefficient (Wildman–Crippen LogP) is 2.04. The molecule has 0 saturated carbocycles. The van der Waals surface area contributed by atoms with Crippen molar-refractivity contribution >= 4 is 0 Å². The number of aromatic nitrogens is 2. The first-order chi connectivity index (χ1) is 10.1. The maximum atomic E-state index is 12.9. The lowest BCUT2D eigenvalue weighted by Crippen LogP contribution is -2.45. The highest BCUT2D eigenvalue weighted by Crippen LogP contribution is 2.20. The van der Waals surface area contributed by atoms with Crippen molar-refractivity contribution in [3.05, 3.63) is 36.0 Å². The molecule has 1 aromatic heterocycles. The summed E-state index contributed by atoms with van der Waals surface area (Å²) in [4.78, 5) is 2.27. The summed E-state index contributed by atoms with van der Waals surface area (Å²) < 4.78 is 18.6. The van der Waals surface area contributed by atoms with Crippen LogP contribution >= 0.6 is 0 Å². The van der Waals surface area contributed by atoms with E-state index in [1.165, 1.54) is 12.1 Å². The minimum Gasteiger partial charge on any atom is -0.419 e. The molecule has 2 atom stereocenters. The van der Waals surface area contributed by atoms with E-state index in [9.17, 15) is 4.39 Å². The summed E-state index contributed by atoms with van der Waals surface area (Å²) >= 11 is 0. The molecule has 1 aliphatic rings. The van der Waals surface area contributed by atoms with Crippen LogP contribution < -0.4 is 5.73 Å². The maximum absolute atomic E-state index is 12.9. The summed E-state index contributed by atoms with van der Waals surface area (Å²) in [5.74, 6) is 1.19. The molecule has 21 heavy (non-hydrogen) atoms. The molecule has 1 aliphatic heterocycles. The standard InChI is InChI=1S/C15H19FN4O/c1-10-8-20(7-6-13(10)17)9-14-18-19-15(21-14)11-2-4-12(16)5-3-11/h2-5,10,13H,6-9,17H2,1H3. The molecular weight excluding hydrogens is 271 g/mol. The minimum absolute atomic E-state index is 0.277. The number of likely N-dealkylation sites (tertiary alicyclic amines) is 1. The molecule has 6 heteroatoms. The van der Waals surface area contributed by atoms with Crippen LogP contribution in [0.25, 0.3) is 11.5 Å². The minimum atomic E-state index is -0.280. The Kier molecular flexibility index (Phi) is 3.98. The quantitative estimate of drug-likeness (QED) is 0.937. The third kappa shape index (κ3) is 3.28. The lowest BCUT2D eigenvalue weighted by atomic mass is 9.95. The first-order valence-corrected chi connectivity index (χ1v) is 7.18. The maximum Gasteiger partial charge on any atom is 0.247 e. The molecule has 5 nitrogen and oxygen atoms in total. The summed E-state index contributed by atoms with van der Waals surface area (Å²) in [5.41, 5.74) is 6.74. The van der Waals surface area contributed by atoms with Crippen LogP contribution in [0, 0.1) is 11.7 Å².